The van der Waals surface area contributed by atoms with Crippen LogP contribution in [0, 0.1) is 0 Å². The summed E-state index contributed by atoms with van der Waals surface area (Å²) in [6.07, 6.45) is 3.85. The Kier molecular flexibility index (Phi) is 4.99. The number of nitrogens with one attached hydrogen (secondary N) is 1. The van der Waals surface area contributed by atoms with Gasteiger partial charge in [-0.05, 0) is 51.0 Å². The van der Waals surface area contributed by atoms with Gasteiger partial charge in [0.15, 0.2) is 11.5 Å². The van der Waals surface area contributed by atoms with Gasteiger partial charge in [0.1, 0.15) is 12.7 Å². The number of hydrogen-bond acceptors (Lipinski definition) is 4. The number of benzene rings is 1. The van der Waals surface area contributed by atoms with Crippen LogP contribution in [-0.4, -0.2) is 49.8 Å². The van der Waals surface area contributed by atoms with Crippen LogP contribution in [0.25, 0.3) is 0 Å². The van der Waals surface area contributed by atoms with Gasteiger partial charge in [0.05, 0.1) is 0 Å². The fraction of sp³-hybridized carbons (Fsp3) is 0.647. The molecule has 0 bridgehead atoms. The topological polar surface area (TPSA) is 33.7 Å². The first-order chi connectivity index (χ1) is 10.3. The Hall–Kier alpha value is -1.26. The number of likely N-dealkylation sites (tertiary alicyclic amines) is 1. The van der Waals surface area contributed by atoms with Crippen molar-refractivity contribution in [2.24, 2.45) is 0 Å². The standard InChI is InChI=1S/C17H26N2O2/c1-2-9-18-14-7-10-19(11-8-14)12-15-13-20-16-5-3-4-6-17(16)21-15/h3-6,14-15,18H,2,7-13H2,1H3. The van der Waals surface area contributed by atoms with E-state index in [9.17, 15) is 0 Å². The van der Waals surface area contributed by atoms with Crippen molar-refractivity contribution in [3.05, 3.63) is 24.3 Å². The molecule has 0 spiro atoms. The molecule has 2 aliphatic heterocycles. The van der Waals surface area contributed by atoms with Crippen LogP contribution in [-0.2, 0) is 0 Å². The quantitative estimate of drug-likeness (QED) is 0.902. The van der Waals surface area contributed by atoms with Gasteiger partial charge in [0.25, 0.3) is 0 Å². The Morgan fingerprint density at radius 1 is 1.19 bits per heavy atom. The van der Waals surface area contributed by atoms with Crippen molar-refractivity contribution in [2.75, 3.05) is 32.8 Å². The van der Waals surface area contributed by atoms with Crippen LogP contribution in [0.4, 0.5) is 0 Å². The van der Waals surface area contributed by atoms with Crippen LogP contribution in [0.5, 0.6) is 11.5 Å². The fourth-order valence-electron chi connectivity index (χ4n) is 3.11. The van der Waals surface area contributed by atoms with E-state index in [1.165, 1.54) is 19.3 Å². The van der Waals surface area contributed by atoms with Gasteiger partial charge in [-0.15, -0.1) is 0 Å². The minimum Gasteiger partial charge on any atom is -0.486 e. The highest BCUT2D eigenvalue weighted by molar-refractivity contribution is 5.40. The molecule has 0 aliphatic carbocycles. The molecule has 1 saturated heterocycles. The summed E-state index contributed by atoms with van der Waals surface area (Å²) >= 11 is 0. The summed E-state index contributed by atoms with van der Waals surface area (Å²) in [6, 6.07) is 8.63. The molecule has 0 aromatic heterocycles. The predicted molar refractivity (Wildman–Crippen MR) is 84.1 cm³/mol. The van der Waals surface area contributed by atoms with E-state index in [1.54, 1.807) is 0 Å². The van der Waals surface area contributed by atoms with Crippen LogP contribution in [0.1, 0.15) is 26.2 Å². The normalized spacial score (nSPS) is 23.2. The molecule has 0 saturated carbocycles. The summed E-state index contributed by atoms with van der Waals surface area (Å²) in [5.74, 6) is 1.75. The van der Waals surface area contributed by atoms with E-state index in [-0.39, 0.29) is 6.10 Å². The Labute approximate surface area is 127 Å². The lowest BCUT2D eigenvalue weighted by atomic mass is 10.0. The van der Waals surface area contributed by atoms with Crippen molar-refractivity contribution < 1.29 is 9.47 Å². The number of para-hydroxylation sites is 2. The molecule has 0 radical (unpaired) electrons. The minimum absolute atomic E-state index is 0.153. The molecule has 0 amide bonds. The second-order valence-electron chi connectivity index (χ2n) is 6.03. The molecular weight excluding hydrogens is 264 g/mol. The van der Waals surface area contributed by atoms with Gasteiger partial charge in [0.2, 0.25) is 0 Å². The highest BCUT2D eigenvalue weighted by atomic mass is 16.6. The first-order valence-electron chi connectivity index (χ1n) is 8.19. The molecule has 4 heteroatoms. The van der Waals surface area contributed by atoms with E-state index in [4.69, 9.17) is 9.47 Å². The SMILES string of the molecule is CCCNC1CCN(CC2COc3ccccc3O2)CC1. The maximum atomic E-state index is 6.04. The van der Waals surface area contributed by atoms with Gasteiger partial charge in [-0.25, -0.2) is 0 Å². The van der Waals surface area contributed by atoms with E-state index in [0.29, 0.717) is 12.6 Å². The fourth-order valence-corrected chi connectivity index (χ4v) is 3.11. The lowest BCUT2D eigenvalue weighted by Crippen LogP contribution is -2.47. The van der Waals surface area contributed by atoms with E-state index < -0.39 is 0 Å². The Morgan fingerprint density at radius 3 is 2.71 bits per heavy atom. The second kappa shape index (κ2) is 7.14. The third-order valence-corrected chi connectivity index (χ3v) is 4.30. The predicted octanol–water partition coefficient (Wildman–Crippen LogP) is 2.29. The van der Waals surface area contributed by atoms with Crippen molar-refractivity contribution in [3.8, 4) is 11.5 Å². The Bertz CT molecular complexity index is 444. The first-order valence-corrected chi connectivity index (χ1v) is 8.19. The van der Waals surface area contributed by atoms with Gasteiger partial charge in [-0.3, -0.25) is 4.90 Å². The summed E-state index contributed by atoms with van der Waals surface area (Å²) in [5.41, 5.74) is 0. The zero-order valence-corrected chi connectivity index (χ0v) is 12.9. The van der Waals surface area contributed by atoms with Crippen LogP contribution < -0.4 is 14.8 Å². The molecule has 1 atom stereocenters. The Balaban J connectivity index is 1.44. The van der Waals surface area contributed by atoms with Crippen LogP contribution in [0.15, 0.2) is 24.3 Å². The summed E-state index contributed by atoms with van der Waals surface area (Å²) in [5, 5.41) is 3.63. The highest BCUT2D eigenvalue weighted by Gasteiger charge is 2.25. The summed E-state index contributed by atoms with van der Waals surface area (Å²) < 4.78 is 11.8. The van der Waals surface area contributed by atoms with Crippen molar-refractivity contribution in [1.82, 2.24) is 10.2 Å². The molecule has 2 aliphatic rings. The number of fused-ring (bicyclic) bond motifs is 1. The van der Waals surface area contributed by atoms with Gasteiger partial charge in [-0.2, -0.15) is 0 Å². The Morgan fingerprint density at radius 2 is 1.95 bits per heavy atom. The summed E-state index contributed by atoms with van der Waals surface area (Å²) in [6.45, 7) is 7.30. The molecule has 21 heavy (non-hydrogen) atoms. The lowest BCUT2D eigenvalue weighted by molar-refractivity contribution is 0.0502. The van der Waals surface area contributed by atoms with Crippen LogP contribution >= 0.6 is 0 Å². The third kappa shape index (κ3) is 3.89. The molecular formula is C17H26N2O2. The zero-order chi connectivity index (χ0) is 14.5. The number of piperidine rings is 1. The number of hydrogen-bond donors (Lipinski definition) is 1. The average molecular weight is 290 g/mol. The monoisotopic (exact) mass is 290 g/mol. The van der Waals surface area contributed by atoms with E-state index in [2.05, 4.69) is 17.1 Å². The zero-order valence-electron chi connectivity index (χ0n) is 12.9. The maximum absolute atomic E-state index is 6.04. The van der Waals surface area contributed by atoms with Gasteiger partial charge >= 0.3 is 0 Å². The van der Waals surface area contributed by atoms with E-state index in [0.717, 1.165) is 37.7 Å². The average Bonchev–Trinajstić information content (AvgIpc) is 2.54. The van der Waals surface area contributed by atoms with Gasteiger partial charge in [-0.1, -0.05) is 19.1 Å². The lowest BCUT2D eigenvalue weighted by Gasteiger charge is -2.36. The van der Waals surface area contributed by atoms with E-state index >= 15 is 0 Å². The summed E-state index contributed by atoms with van der Waals surface area (Å²) in [4.78, 5) is 2.51. The number of rotatable bonds is 5. The molecule has 4 nitrogen and oxygen atoms in total. The third-order valence-electron chi connectivity index (χ3n) is 4.30. The van der Waals surface area contributed by atoms with Crippen LogP contribution in [0.2, 0.25) is 0 Å². The van der Waals surface area contributed by atoms with Gasteiger partial charge in [0, 0.05) is 12.6 Å². The van der Waals surface area contributed by atoms with Crippen molar-refractivity contribution in [3.63, 3.8) is 0 Å². The summed E-state index contributed by atoms with van der Waals surface area (Å²) in [7, 11) is 0. The molecule has 3 rings (SSSR count). The molecule has 1 aromatic carbocycles. The molecule has 116 valence electrons. The van der Waals surface area contributed by atoms with Crippen molar-refractivity contribution >= 4 is 0 Å². The molecule has 2 heterocycles. The van der Waals surface area contributed by atoms with Crippen molar-refractivity contribution in [1.29, 1.82) is 0 Å². The number of nitrogens with zero attached hydrogens (tertiary/aromatic N) is 1. The number of ether oxygens (including phenoxy) is 2. The molecule has 1 aromatic rings. The maximum Gasteiger partial charge on any atom is 0.161 e. The van der Waals surface area contributed by atoms with E-state index in [1.807, 2.05) is 24.3 Å². The smallest absolute Gasteiger partial charge is 0.161 e. The molecule has 1 fully saturated rings. The minimum atomic E-state index is 0.153. The first kappa shape index (κ1) is 14.7. The second-order valence-corrected chi connectivity index (χ2v) is 6.03. The largest absolute Gasteiger partial charge is 0.486 e. The van der Waals surface area contributed by atoms with Gasteiger partial charge < -0.3 is 14.8 Å². The molecule has 1 unspecified atom stereocenters. The van der Waals surface area contributed by atoms with Crippen molar-refractivity contribution in [2.45, 2.75) is 38.3 Å². The van der Waals surface area contributed by atoms with Crippen LogP contribution in [0.3, 0.4) is 0 Å². The molecule has 1 N–H and O–H groups in total. The highest BCUT2D eigenvalue weighted by Crippen LogP contribution is 2.31.